The highest BCUT2D eigenvalue weighted by Gasteiger charge is 2.15. The van der Waals surface area contributed by atoms with E-state index in [9.17, 15) is 0 Å². The largest absolute Gasteiger partial charge is 0.497 e. The Morgan fingerprint density at radius 3 is 2.46 bits per heavy atom. The summed E-state index contributed by atoms with van der Waals surface area (Å²) < 4.78 is 17.0. The van der Waals surface area contributed by atoms with Gasteiger partial charge >= 0.3 is 0 Å². The molecule has 5 heteroatoms. The summed E-state index contributed by atoms with van der Waals surface area (Å²) in [6, 6.07) is 7.78. The molecule has 0 atom stereocenters. The van der Waals surface area contributed by atoms with E-state index in [1.807, 2.05) is 24.3 Å². The summed E-state index contributed by atoms with van der Waals surface area (Å²) in [5, 5.41) is 4.21. The van der Waals surface area contributed by atoms with Gasteiger partial charge in [0.25, 0.3) is 0 Å². The zero-order chi connectivity index (χ0) is 18.8. The zero-order valence-electron chi connectivity index (χ0n) is 16.6. The van der Waals surface area contributed by atoms with Crippen molar-refractivity contribution in [2.24, 2.45) is 0 Å². The highest BCUT2D eigenvalue weighted by Crippen LogP contribution is 2.35. The van der Waals surface area contributed by atoms with Crippen LogP contribution in [0.2, 0.25) is 0 Å². The van der Waals surface area contributed by atoms with Crippen LogP contribution in [-0.4, -0.2) is 32.0 Å². The summed E-state index contributed by atoms with van der Waals surface area (Å²) in [6.07, 6.45) is 6.05. The smallest absolute Gasteiger partial charge is 0.172 e. The van der Waals surface area contributed by atoms with Gasteiger partial charge in [-0.2, -0.15) is 0 Å². The van der Waals surface area contributed by atoms with Gasteiger partial charge in [0.05, 0.1) is 19.3 Å². The van der Waals surface area contributed by atoms with Crippen molar-refractivity contribution in [1.29, 1.82) is 0 Å². The monoisotopic (exact) mass is 360 g/mol. The summed E-state index contributed by atoms with van der Waals surface area (Å²) in [5.74, 6) is 3.13. The molecule has 0 radical (unpaired) electrons. The van der Waals surface area contributed by atoms with Crippen LogP contribution in [0.25, 0.3) is 11.3 Å². The lowest BCUT2D eigenvalue weighted by molar-refractivity contribution is 0.302. The van der Waals surface area contributed by atoms with Crippen LogP contribution in [0, 0.1) is 0 Å². The van der Waals surface area contributed by atoms with Crippen molar-refractivity contribution in [3.05, 3.63) is 24.3 Å². The van der Waals surface area contributed by atoms with Crippen molar-refractivity contribution in [2.75, 3.05) is 31.7 Å². The molecule has 144 valence electrons. The molecule has 1 aromatic carbocycles. The third-order valence-electron chi connectivity index (χ3n) is 4.54. The van der Waals surface area contributed by atoms with Gasteiger partial charge in [0.1, 0.15) is 11.5 Å². The van der Waals surface area contributed by atoms with E-state index in [-0.39, 0.29) is 0 Å². The second kappa shape index (κ2) is 10.7. The Labute approximate surface area is 157 Å². The molecule has 1 heterocycles. The van der Waals surface area contributed by atoms with E-state index in [0.717, 1.165) is 48.2 Å². The number of hydrogen-bond donors (Lipinski definition) is 0. The number of aromatic nitrogens is 1. The number of anilines is 1. The molecule has 0 saturated heterocycles. The number of rotatable bonds is 12. The fraction of sp³-hybridized carbons (Fsp3) is 0.571. The third-order valence-corrected chi connectivity index (χ3v) is 4.54. The highest BCUT2D eigenvalue weighted by molar-refractivity contribution is 5.69. The minimum Gasteiger partial charge on any atom is -0.497 e. The predicted octanol–water partition coefficient (Wildman–Crippen LogP) is 5.55. The second-order valence-corrected chi connectivity index (χ2v) is 6.35. The van der Waals surface area contributed by atoms with Crippen LogP contribution in [0.3, 0.4) is 0 Å². The average Bonchev–Trinajstić information content (AvgIpc) is 3.15. The Balaban J connectivity index is 2.12. The Bertz CT molecular complexity index is 650. The van der Waals surface area contributed by atoms with Gasteiger partial charge in [0.2, 0.25) is 0 Å². The molecule has 0 saturated carbocycles. The molecule has 26 heavy (non-hydrogen) atoms. The van der Waals surface area contributed by atoms with Crippen molar-refractivity contribution in [1.82, 2.24) is 5.16 Å². The molecule has 0 fully saturated rings. The van der Waals surface area contributed by atoms with Gasteiger partial charge < -0.3 is 18.9 Å². The normalized spacial score (nSPS) is 10.8. The minimum atomic E-state index is 0.695. The van der Waals surface area contributed by atoms with Crippen LogP contribution in [0.1, 0.15) is 52.9 Å². The molecule has 0 spiro atoms. The van der Waals surface area contributed by atoms with Crippen molar-refractivity contribution in [3.63, 3.8) is 0 Å². The maximum Gasteiger partial charge on any atom is 0.172 e. The van der Waals surface area contributed by atoms with Crippen molar-refractivity contribution >= 4 is 5.82 Å². The quantitative estimate of drug-likeness (QED) is 0.465. The first-order chi connectivity index (χ1) is 12.7. The molecule has 0 bridgehead atoms. The molecule has 0 aliphatic rings. The van der Waals surface area contributed by atoms with Gasteiger partial charge in [-0.15, -0.1) is 0 Å². The fourth-order valence-corrected chi connectivity index (χ4v) is 2.93. The van der Waals surface area contributed by atoms with Gasteiger partial charge in [-0.25, -0.2) is 0 Å². The molecule has 2 rings (SSSR count). The molecule has 0 aliphatic heterocycles. The van der Waals surface area contributed by atoms with E-state index in [1.54, 1.807) is 7.11 Å². The van der Waals surface area contributed by atoms with E-state index in [1.165, 1.54) is 25.7 Å². The van der Waals surface area contributed by atoms with Crippen LogP contribution in [0.4, 0.5) is 5.82 Å². The zero-order valence-corrected chi connectivity index (χ0v) is 16.6. The summed E-state index contributed by atoms with van der Waals surface area (Å²) >= 11 is 0. The molecule has 1 aromatic heterocycles. The highest BCUT2D eigenvalue weighted by atomic mass is 16.5. The second-order valence-electron chi connectivity index (χ2n) is 6.35. The predicted molar refractivity (Wildman–Crippen MR) is 106 cm³/mol. The summed E-state index contributed by atoms with van der Waals surface area (Å²) in [4.78, 5) is 2.16. The number of hydrogen-bond acceptors (Lipinski definition) is 5. The molecule has 0 N–H and O–H groups in total. The molecule has 0 amide bonds. The van der Waals surface area contributed by atoms with Crippen molar-refractivity contribution in [3.8, 4) is 22.8 Å². The number of unbranched alkanes of at least 4 members (excludes halogenated alkanes) is 4. The van der Waals surface area contributed by atoms with Gasteiger partial charge in [-0.1, -0.05) is 37.8 Å². The maximum absolute atomic E-state index is 6.06. The number of ether oxygens (including phenoxy) is 2. The van der Waals surface area contributed by atoms with Crippen LogP contribution in [0.15, 0.2) is 28.8 Å². The van der Waals surface area contributed by atoms with Gasteiger partial charge in [0, 0.05) is 25.2 Å². The van der Waals surface area contributed by atoms with E-state index in [0.29, 0.717) is 6.61 Å². The molecule has 5 nitrogen and oxygen atoms in total. The first-order valence-corrected chi connectivity index (χ1v) is 9.76. The van der Waals surface area contributed by atoms with E-state index in [4.69, 9.17) is 14.0 Å². The first kappa shape index (κ1) is 20.1. The summed E-state index contributed by atoms with van der Waals surface area (Å²) in [6.45, 7) is 8.93. The average molecular weight is 360 g/mol. The van der Waals surface area contributed by atoms with Crippen LogP contribution in [0.5, 0.6) is 11.5 Å². The minimum absolute atomic E-state index is 0.695. The first-order valence-electron chi connectivity index (χ1n) is 9.76. The van der Waals surface area contributed by atoms with Crippen molar-refractivity contribution in [2.45, 2.75) is 52.9 Å². The lowest BCUT2D eigenvalue weighted by Gasteiger charge is -2.15. The topological polar surface area (TPSA) is 47.7 Å². The van der Waals surface area contributed by atoms with E-state index in [2.05, 4.69) is 30.8 Å². The van der Waals surface area contributed by atoms with E-state index < -0.39 is 0 Å². The Morgan fingerprint density at radius 1 is 1.00 bits per heavy atom. The van der Waals surface area contributed by atoms with Gasteiger partial charge in [-0.05, 0) is 32.4 Å². The van der Waals surface area contributed by atoms with Crippen LogP contribution < -0.4 is 14.4 Å². The number of nitrogens with zero attached hydrogens (tertiary/aromatic N) is 2. The Morgan fingerprint density at radius 2 is 1.77 bits per heavy atom. The standard InChI is InChI=1S/C21H32N2O3/c1-5-8-9-10-11-14-25-19-15-17(24-4)12-13-18(19)20-16-21(22-26-20)23(6-2)7-3/h12-13,15-16H,5-11,14H2,1-4H3. The summed E-state index contributed by atoms with van der Waals surface area (Å²) in [7, 11) is 1.66. The van der Waals surface area contributed by atoms with Crippen LogP contribution >= 0.6 is 0 Å². The van der Waals surface area contributed by atoms with Gasteiger partial charge in [0.15, 0.2) is 11.6 Å². The number of methoxy groups -OCH3 is 1. The Hall–Kier alpha value is -2.17. The Kier molecular flexibility index (Phi) is 8.32. The lowest BCUT2D eigenvalue weighted by atomic mass is 10.1. The molecule has 2 aromatic rings. The van der Waals surface area contributed by atoms with Crippen molar-refractivity contribution < 1.29 is 14.0 Å². The van der Waals surface area contributed by atoms with Crippen LogP contribution in [-0.2, 0) is 0 Å². The van der Waals surface area contributed by atoms with E-state index >= 15 is 0 Å². The SMILES string of the molecule is CCCCCCCOc1cc(OC)ccc1-c1cc(N(CC)CC)no1. The lowest BCUT2D eigenvalue weighted by Crippen LogP contribution is -2.21. The molecule has 0 aliphatic carbocycles. The van der Waals surface area contributed by atoms with Gasteiger partial charge in [-0.3, -0.25) is 0 Å². The maximum atomic E-state index is 6.06. The molecular formula is C21H32N2O3. The summed E-state index contributed by atoms with van der Waals surface area (Å²) in [5.41, 5.74) is 0.908. The molecule has 0 unspecified atom stereocenters. The fourth-order valence-electron chi connectivity index (χ4n) is 2.93. The third kappa shape index (κ3) is 5.41. The number of benzene rings is 1. The molecular weight excluding hydrogens is 328 g/mol.